The third kappa shape index (κ3) is 15.1. The van der Waals surface area contributed by atoms with Crippen LogP contribution >= 0.6 is 15.9 Å². The largest absolute Gasteiger partial charge is 0.480 e. The number of hydrogen-bond acceptors (Lipinski definition) is 5. The Morgan fingerprint density at radius 3 is 1.87 bits per heavy atom. The van der Waals surface area contributed by atoms with E-state index in [9.17, 15) is 24.3 Å². The number of carboxylic acid groups (broad SMARTS) is 1. The molecular formula is C22H33BrN2O6. The first-order valence-corrected chi connectivity index (χ1v) is 10.9. The van der Waals surface area contributed by atoms with Gasteiger partial charge in [-0.1, -0.05) is 58.0 Å². The van der Waals surface area contributed by atoms with Crippen LogP contribution in [0.5, 0.6) is 0 Å². The van der Waals surface area contributed by atoms with Gasteiger partial charge in [0.05, 0.1) is 0 Å². The van der Waals surface area contributed by atoms with Crippen LogP contribution in [-0.4, -0.2) is 39.9 Å². The van der Waals surface area contributed by atoms with E-state index < -0.39 is 30.1 Å². The van der Waals surface area contributed by atoms with Crippen LogP contribution < -0.4 is 10.6 Å². The number of carbonyl (C=O) groups excluding carboxylic acids is 3. The Kier molecular flexibility index (Phi) is 14.2. The second-order valence-electron chi connectivity index (χ2n) is 7.89. The number of carbonyl (C=O) groups is 4. The lowest BCUT2D eigenvalue weighted by molar-refractivity contribution is -0.142. The van der Waals surface area contributed by atoms with Crippen molar-refractivity contribution in [3.05, 3.63) is 35.9 Å². The van der Waals surface area contributed by atoms with Gasteiger partial charge in [0.2, 0.25) is 5.91 Å². The molecule has 0 spiro atoms. The number of ether oxygens (including phenoxy) is 1. The van der Waals surface area contributed by atoms with Gasteiger partial charge in [0.15, 0.2) is 4.69 Å². The monoisotopic (exact) mass is 500 g/mol. The van der Waals surface area contributed by atoms with Crippen molar-refractivity contribution in [1.82, 2.24) is 10.6 Å². The van der Waals surface area contributed by atoms with Gasteiger partial charge >= 0.3 is 12.1 Å². The smallest absolute Gasteiger partial charge is 0.408 e. The van der Waals surface area contributed by atoms with Crippen molar-refractivity contribution < 1.29 is 29.0 Å². The standard InChI is InChI=1S/C20H30N2O5.C2H3BrO/c1-13(2)10-16(18(23)21-17(19(24)25)11-14(3)4)22-20(26)27-12-15-8-6-5-7-9-15;1-2(3)4/h5-9,13-14,16-17H,10-12H2,1-4H3,(H,21,23)(H,22,26)(H,24,25);1H3/t16-,17-;/m0./s1. The number of benzene rings is 1. The lowest BCUT2D eigenvalue weighted by atomic mass is 10.0. The minimum Gasteiger partial charge on any atom is -0.480 e. The molecule has 0 radical (unpaired) electrons. The average molecular weight is 501 g/mol. The third-order valence-electron chi connectivity index (χ3n) is 3.85. The van der Waals surface area contributed by atoms with Gasteiger partial charge in [0, 0.05) is 6.92 Å². The fraction of sp³-hybridized carbons (Fsp3) is 0.545. The van der Waals surface area contributed by atoms with E-state index in [1.807, 2.05) is 58.0 Å². The third-order valence-corrected chi connectivity index (χ3v) is 3.85. The molecule has 2 amide bonds. The molecule has 0 aliphatic rings. The van der Waals surface area contributed by atoms with Gasteiger partial charge in [0.25, 0.3) is 0 Å². The summed E-state index contributed by atoms with van der Waals surface area (Å²) in [7, 11) is 0. The summed E-state index contributed by atoms with van der Waals surface area (Å²) < 4.78 is 5.14. The van der Waals surface area contributed by atoms with Crippen LogP contribution in [0.25, 0.3) is 0 Å². The lowest BCUT2D eigenvalue weighted by Crippen LogP contribution is -2.52. The summed E-state index contributed by atoms with van der Waals surface area (Å²) in [5.74, 6) is -1.37. The number of amides is 2. The number of carboxylic acids is 1. The molecule has 0 aliphatic carbocycles. The highest BCUT2D eigenvalue weighted by atomic mass is 79.9. The molecule has 0 saturated carbocycles. The molecule has 0 bridgehead atoms. The van der Waals surface area contributed by atoms with Crippen LogP contribution in [0.1, 0.15) is 53.0 Å². The minimum absolute atomic E-state index is 0.0208. The molecule has 0 saturated heterocycles. The van der Waals surface area contributed by atoms with Crippen molar-refractivity contribution in [2.24, 2.45) is 11.8 Å². The second-order valence-corrected chi connectivity index (χ2v) is 9.00. The Hall–Kier alpha value is -2.42. The van der Waals surface area contributed by atoms with Crippen molar-refractivity contribution in [3.63, 3.8) is 0 Å². The maximum Gasteiger partial charge on any atom is 0.408 e. The Morgan fingerprint density at radius 2 is 1.42 bits per heavy atom. The van der Waals surface area contributed by atoms with Crippen LogP contribution in [0.15, 0.2) is 30.3 Å². The summed E-state index contributed by atoms with van der Waals surface area (Å²) in [6.07, 6.45) is -0.0239. The van der Waals surface area contributed by atoms with Crippen molar-refractivity contribution in [3.8, 4) is 0 Å². The Labute approximate surface area is 192 Å². The zero-order valence-corrected chi connectivity index (χ0v) is 20.3. The van der Waals surface area contributed by atoms with E-state index in [0.717, 1.165) is 5.56 Å². The van der Waals surface area contributed by atoms with Crippen LogP contribution in [0.4, 0.5) is 4.79 Å². The molecule has 1 aromatic carbocycles. The quantitative estimate of drug-likeness (QED) is 0.419. The number of nitrogens with one attached hydrogen (secondary N) is 2. The van der Waals surface area contributed by atoms with Crippen LogP contribution in [0.2, 0.25) is 0 Å². The maximum absolute atomic E-state index is 12.5. The number of aliphatic carboxylic acids is 1. The molecule has 1 aromatic rings. The van der Waals surface area contributed by atoms with Gasteiger partial charge in [-0.15, -0.1) is 0 Å². The first kappa shape index (κ1) is 28.6. The fourth-order valence-corrected chi connectivity index (χ4v) is 2.58. The van der Waals surface area contributed by atoms with E-state index in [4.69, 9.17) is 4.74 Å². The second kappa shape index (κ2) is 15.4. The first-order valence-electron chi connectivity index (χ1n) is 10.1. The molecule has 0 aromatic heterocycles. The predicted molar refractivity (Wildman–Crippen MR) is 122 cm³/mol. The Bertz CT molecular complexity index is 705. The zero-order chi connectivity index (χ0) is 24.0. The van der Waals surface area contributed by atoms with E-state index in [1.165, 1.54) is 6.92 Å². The first-order chi connectivity index (χ1) is 14.4. The molecule has 0 aliphatic heterocycles. The highest BCUT2D eigenvalue weighted by Gasteiger charge is 2.28. The normalized spacial score (nSPS) is 12.3. The summed E-state index contributed by atoms with van der Waals surface area (Å²) in [4.78, 5) is 45.4. The SMILES string of the molecule is CC(=O)Br.CC(C)C[C@H](NC(=O)[C@H](CC(C)C)NC(=O)OCc1ccccc1)C(=O)O. The van der Waals surface area contributed by atoms with E-state index in [-0.39, 0.29) is 23.1 Å². The van der Waals surface area contributed by atoms with E-state index in [0.29, 0.717) is 12.8 Å². The molecule has 2 atom stereocenters. The molecule has 174 valence electrons. The van der Waals surface area contributed by atoms with Crippen molar-refractivity contribution in [2.75, 3.05) is 0 Å². The predicted octanol–water partition coefficient (Wildman–Crippen LogP) is 3.87. The molecular weight excluding hydrogens is 468 g/mol. The highest BCUT2D eigenvalue weighted by Crippen LogP contribution is 2.09. The summed E-state index contributed by atoms with van der Waals surface area (Å²) in [6, 6.07) is 7.35. The van der Waals surface area contributed by atoms with Gasteiger partial charge in [-0.3, -0.25) is 9.59 Å². The summed E-state index contributed by atoms with van der Waals surface area (Å²) in [5.41, 5.74) is 0.834. The molecule has 3 N–H and O–H groups in total. The van der Waals surface area contributed by atoms with Crippen molar-refractivity contribution >= 4 is 38.6 Å². The molecule has 1 rings (SSSR count). The Balaban J connectivity index is 0.00000206. The number of hydrogen-bond donors (Lipinski definition) is 3. The van der Waals surface area contributed by atoms with Crippen LogP contribution in [0.3, 0.4) is 0 Å². The van der Waals surface area contributed by atoms with Crippen molar-refractivity contribution in [1.29, 1.82) is 0 Å². The van der Waals surface area contributed by atoms with Crippen LogP contribution in [-0.2, 0) is 25.7 Å². The number of alkyl carbamates (subject to hydrolysis) is 1. The molecule has 0 fully saturated rings. The number of rotatable bonds is 10. The van der Waals surface area contributed by atoms with Gasteiger partial charge in [0.1, 0.15) is 18.7 Å². The average Bonchev–Trinajstić information content (AvgIpc) is 2.65. The minimum atomic E-state index is -1.09. The molecule has 0 heterocycles. The Morgan fingerprint density at radius 1 is 0.935 bits per heavy atom. The summed E-state index contributed by atoms with van der Waals surface area (Å²) >= 11 is 2.63. The number of halogens is 1. The topological polar surface area (TPSA) is 122 Å². The van der Waals surface area contributed by atoms with E-state index in [2.05, 4.69) is 26.6 Å². The van der Waals surface area contributed by atoms with Crippen LogP contribution in [0, 0.1) is 11.8 Å². The lowest BCUT2D eigenvalue weighted by Gasteiger charge is -2.23. The summed E-state index contributed by atoms with van der Waals surface area (Å²) in [6.45, 7) is 9.13. The van der Waals surface area contributed by atoms with Gasteiger partial charge in [-0.05, 0) is 46.2 Å². The van der Waals surface area contributed by atoms with Gasteiger partial charge in [-0.25, -0.2) is 9.59 Å². The molecule has 31 heavy (non-hydrogen) atoms. The molecule has 0 unspecified atom stereocenters. The molecule has 8 nitrogen and oxygen atoms in total. The van der Waals surface area contributed by atoms with Gasteiger partial charge in [-0.2, -0.15) is 0 Å². The van der Waals surface area contributed by atoms with E-state index >= 15 is 0 Å². The summed E-state index contributed by atoms with van der Waals surface area (Å²) in [5, 5.41) is 14.4. The van der Waals surface area contributed by atoms with Gasteiger partial charge < -0.3 is 20.5 Å². The fourth-order valence-electron chi connectivity index (χ4n) is 2.58. The zero-order valence-electron chi connectivity index (χ0n) is 18.7. The highest BCUT2D eigenvalue weighted by molar-refractivity contribution is 9.18. The maximum atomic E-state index is 12.5. The van der Waals surface area contributed by atoms with E-state index in [1.54, 1.807) is 0 Å². The molecule has 9 heteroatoms. The van der Waals surface area contributed by atoms with Crippen molar-refractivity contribution in [2.45, 2.75) is 66.2 Å².